The summed E-state index contributed by atoms with van der Waals surface area (Å²) in [6.45, 7) is 7.72. The van der Waals surface area contributed by atoms with Crippen molar-refractivity contribution < 1.29 is 4.79 Å². The van der Waals surface area contributed by atoms with Crippen LogP contribution in [0.3, 0.4) is 0 Å². The van der Waals surface area contributed by atoms with Crippen LogP contribution in [0, 0.1) is 5.92 Å². The number of benzene rings is 1. The second-order valence-corrected chi connectivity index (χ2v) is 7.16. The van der Waals surface area contributed by atoms with Crippen LogP contribution in [0.2, 0.25) is 0 Å². The monoisotopic (exact) mass is 352 g/mol. The number of likely N-dealkylation sites (tertiary alicyclic amines) is 1. The van der Waals surface area contributed by atoms with E-state index >= 15 is 0 Å². The minimum Gasteiger partial charge on any atom is -0.337 e. The van der Waals surface area contributed by atoms with Crippen LogP contribution >= 0.6 is 15.9 Å². The lowest BCUT2D eigenvalue weighted by Crippen LogP contribution is -2.47. The van der Waals surface area contributed by atoms with Crippen LogP contribution in [0.4, 0.5) is 0 Å². The summed E-state index contributed by atoms with van der Waals surface area (Å²) in [5.41, 5.74) is 0.757. The second-order valence-electron chi connectivity index (χ2n) is 6.24. The van der Waals surface area contributed by atoms with E-state index in [1.54, 1.807) is 0 Å². The van der Waals surface area contributed by atoms with E-state index in [-0.39, 0.29) is 11.9 Å². The molecule has 0 saturated carbocycles. The summed E-state index contributed by atoms with van der Waals surface area (Å²) >= 11 is 3.41. The molecule has 4 heteroatoms. The lowest BCUT2D eigenvalue weighted by Gasteiger charge is -2.34. The number of nitrogens with zero attached hydrogens (tertiary/aromatic N) is 2. The molecule has 116 valence electrons. The Labute approximate surface area is 136 Å². The van der Waals surface area contributed by atoms with Crippen molar-refractivity contribution in [2.24, 2.45) is 5.92 Å². The second kappa shape index (κ2) is 7.41. The van der Waals surface area contributed by atoms with Gasteiger partial charge < -0.3 is 9.80 Å². The number of hydrogen-bond acceptors (Lipinski definition) is 2. The quantitative estimate of drug-likeness (QED) is 0.807. The Hall–Kier alpha value is -0.870. The highest BCUT2D eigenvalue weighted by Gasteiger charge is 2.27. The lowest BCUT2D eigenvalue weighted by atomic mass is 10.0. The zero-order valence-electron chi connectivity index (χ0n) is 13.2. The Bertz CT molecular complexity index is 466. The molecule has 0 bridgehead atoms. The van der Waals surface area contributed by atoms with Crippen molar-refractivity contribution in [1.29, 1.82) is 0 Å². The Balaban J connectivity index is 2.07. The van der Waals surface area contributed by atoms with Gasteiger partial charge in [-0.3, -0.25) is 4.79 Å². The molecule has 0 unspecified atom stereocenters. The van der Waals surface area contributed by atoms with E-state index in [9.17, 15) is 4.79 Å². The molecule has 21 heavy (non-hydrogen) atoms. The van der Waals surface area contributed by atoms with Crippen LogP contribution < -0.4 is 0 Å². The number of carbonyl (C=O) groups excluding carboxylic acids is 1. The van der Waals surface area contributed by atoms with Crippen LogP contribution in [0.15, 0.2) is 28.7 Å². The molecule has 1 aromatic carbocycles. The first-order chi connectivity index (χ1) is 9.99. The number of hydrogen-bond donors (Lipinski definition) is 0. The van der Waals surface area contributed by atoms with Crippen molar-refractivity contribution in [2.45, 2.75) is 32.7 Å². The van der Waals surface area contributed by atoms with Gasteiger partial charge in [-0.05, 0) is 56.1 Å². The molecule has 1 fully saturated rings. The summed E-state index contributed by atoms with van der Waals surface area (Å²) in [6.07, 6.45) is 2.57. The zero-order chi connectivity index (χ0) is 15.4. The molecule has 1 aromatic rings. The Morgan fingerprint density at radius 1 is 1.24 bits per heavy atom. The lowest BCUT2D eigenvalue weighted by molar-refractivity contribution is 0.0641. The summed E-state index contributed by atoms with van der Waals surface area (Å²) in [5, 5.41) is 0. The van der Waals surface area contributed by atoms with Crippen molar-refractivity contribution >= 4 is 21.8 Å². The van der Waals surface area contributed by atoms with Gasteiger partial charge in [-0.25, -0.2) is 0 Å². The maximum Gasteiger partial charge on any atom is 0.253 e. The largest absolute Gasteiger partial charge is 0.337 e. The average molecular weight is 353 g/mol. The van der Waals surface area contributed by atoms with Crippen molar-refractivity contribution in [3.8, 4) is 0 Å². The Morgan fingerprint density at radius 2 is 1.81 bits per heavy atom. The fourth-order valence-corrected chi connectivity index (χ4v) is 3.22. The summed E-state index contributed by atoms with van der Waals surface area (Å²) in [5.74, 6) is 0.565. The van der Waals surface area contributed by atoms with Crippen molar-refractivity contribution in [3.63, 3.8) is 0 Å². The summed E-state index contributed by atoms with van der Waals surface area (Å²) in [7, 11) is 1.94. The molecular formula is C17H25BrN2O. The van der Waals surface area contributed by atoms with Crippen molar-refractivity contribution in [2.75, 3.05) is 26.7 Å². The molecule has 1 amide bonds. The molecule has 2 rings (SSSR count). The molecule has 1 aliphatic rings. The highest BCUT2D eigenvalue weighted by atomic mass is 79.9. The Morgan fingerprint density at radius 3 is 2.33 bits per heavy atom. The number of halogens is 1. The molecule has 1 aliphatic heterocycles. The van der Waals surface area contributed by atoms with Gasteiger partial charge in [0.1, 0.15) is 0 Å². The number of likely N-dealkylation sites (N-methyl/N-ethyl adjacent to an activating group) is 1. The molecule has 0 radical (unpaired) electrons. The first kappa shape index (κ1) is 16.5. The number of carbonyl (C=O) groups is 1. The maximum atomic E-state index is 12.7. The third-order valence-electron chi connectivity index (χ3n) is 4.32. The standard InChI is InChI=1S/C17H25BrN2O/c1-13(2)16(12-20-10-4-5-11-20)19(3)17(21)14-6-8-15(18)9-7-14/h6-9,13,16H,4-5,10-12H2,1-3H3/t16-/m1/s1. The van der Waals surface area contributed by atoms with E-state index in [1.807, 2.05) is 36.2 Å². The molecule has 1 heterocycles. The molecule has 1 atom stereocenters. The van der Waals surface area contributed by atoms with Gasteiger partial charge in [0.05, 0.1) is 0 Å². The highest BCUT2D eigenvalue weighted by molar-refractivity contribution is 9.10. The van der Waals surface area contributed by atoms with Gasteiger partial charge in [-0.1, -0.05) is 29.8 Å². The SMILES string of the molecule is CC(C)[C@@H](CN1CCCC1)N(C)C(=O)c1ccc(Br)cc1. The first-order valence-electron chi connectivity index (χ1n) is 7.74. The summed E-state index contributed by atoms with van der Waals surface area (Å²) in [6, 6.07) is 7.88. The molecule has 0 aromatic heterocycles. The predicted octanol–water partition coefficient (Wildman–Crippen LogP) is 3.64. The summed E-state index contributed by atoms with van der Waals surface area (Å²) in [4.78, 5) is 17.1. The van der Waals surface area contributed by atoms with Gasteiger partial charge in [0, 0.05) is 29.7 Å². The van der Waals surface area contributed by atoms with Gasteiger partial charge in [0.25, 0.3) is 5.91 Å². The van der Waals surface area contributed by atoms with Crippen molar-refractivity contribution in [3.05, 3.63) is 34.3 Å². The van der Waals surface area contributed by atoms with Crippen LogP contribution in [0.5, 0.6) is 0 Å². The molecule has 0 N–H and O–H groups in total. The third kappa shape index (κ3) is 4.30. The Kier molecular flexibility index (Phi) is 5.82. The highest BCUT2D eigenvalue weighted by Crippen LogP contribution is 2.18. The van der Waals surface area contributed by atoms with Gasteiger partial charge in [-0.15, -0.1) is 0 Å². The smallest absolute Gasteiger partial charge is 0.253 e. The minimum absolute atomic E-state index is 0.111. The maximum absolute atomic E-state index is 12.7. The van der Waals surface area contributed by atoms with Crippen molar-refractivity contribution in [1.82, 2.24) is 9.80 Å². The van der Waals surface area contributed by atoms with E-state index in [0.29, 0.717) is 5.92 Å². The fraction of sp³-hybridized carbons (Fsp3) is 0.588. The van der Waals surface area contributed by atoms with E-state index in [2.05, 4.69) is 34.7 Å². The molecule has 1 saturated heterocycles. The number of rotatable bonds is 5. The zero-order valence-corrected chi connectivity index (χ0v) is 14.8. The van der Waals surface area contributed by atoms with E-state index < -0.39 is 0 Å². The summed E-state index contributed by atoms with van der Waals surface area (Å²) < 4.78 is 0.999. The molecular weight excluding hydrogens is 328 g/mol. The van der Waals surface area contributed by atoms with E-state index in [1.165, 1.54) is 25.9 Å². The van der Waals surface area contributed by atoms with Crippen LogP contribution in [-0.4, -0.2) is 48.4 Å². The van der Waals surface area contributed by atoms with Gasteiger partial charge >= 0.3 is 0 Å². The molecule has 0 spiro atoms. The van der Waals surface area contributed by atoms with Gasteiger partial charge in [-0.2, -0.15) is 0 Å². The van der Waals surface area contributed by atoms with E-state index in [4.69, 9.17) is 0 Å². The molecule has 3 nitrogen and oxygen atoms in total. The van der Waals surface area contributed by atoms with Crippen LogP contribution in [-0.2, 0) is 0 Å². The first-order valence-corrected chi connectivity index (χ1v) is 8.53. The van der Waals surface area contributed by atoms with E-state index in [0.717, 1.165) is 16.6 Å². The number of amides is 1. The van der Waals surface area contributed by atoms with Gasteiger partial charge in [0.2, 0.25) is 0 Å². The topological polar surface area (TPSA) is 23.6 Å². The van der Waals surface area contributed by atoms with Crippen LogP contribution in [0.1, 0.15) is 37.0 Å². The average Bonchev–Trinajstić information content (AvgIpc) is 2.97. The molecule has 0 aliphatic carbocycles. The predicted molar refractivity (Wildman–Crippen MR) is 90.5 cm³/mol. The minimum atomic E-state index is 0.111. The van der Waals surface area contributed by atoms with Gasteiger partial charge in [0.15, 0.2) is 0 Å². The normalized spacial score (nSPS) is 17.2. The van der Waals surface area contributed by atoms with Crippen LogP contribution in [0.25, 0.3) is 0 Å². The third-order valence-corrected chi connectivity index (χ3v) is 4.85. The fourth-order valence-electron chi connectivity index (χ4n) is 2.96.